The number of hydrogen-bond donors (Lipinski definition) is 1. The minimum absolute atomic E-state index is 0.171. The molecule has 4 nitrogen and oxygen atoms in total. The van der Waals surface area contributed by atoms with Crippen molar-refractivity contribution < 1.29 is 14.3 Å². The van der Waals surface area contributed by atoms with Crippen molar-refractivity contribution in [2.45, 2.75) is 51.2 Å². The summed E-state index contributed by atoms with van der Waals surface area (Å²) < 4.78 is 11.0. The number of ether oxygens (including phenoxy) is 2. The van der Waals surface area contributed by atoms with Crippen LogP contribution in [-0.2, 0) is 14.3 Å². The van der Waals surface area contributed by atoms with Gasteiger partial charge in [0.25, 0.3) is 0 Å². The molecule has 0 amide bonds. The maximum Gasteiger partial charge on any atom is 0.326 e. The standard InChI is InChI=1S/C14H25NO3/c1-5-9-15-14(12(16)17-7-3)8-10-18-13(4,6-2)11-14/h5,15H,1,6-11H2,2-4H3. The molecule has 1 saturated heterocycles. The van der Waals surface area contributed by atoms with Gasteiger partial charge in [0.15, 0.2) is 0 Å². The largest absolute Gasteiger partial charge is 0.465 e. The highest BCUT2D eigenvalue weighted by atomic mass is 16.5. The van der Waals surface area contributed by atoms with Crippen molar-refractivity contribution >= 4 is 5.97 Å². The summed E-state index contributed by atoms with van der Waals surface area (Å²) in [5.74, 6) is -0.171. The quantitative estimate of drug-likeness (QED) is 0.583. The van der Waals surface area contributed by atoms with E-state index in [2.05, 4.69) is 25.7 Å². The average molecular weight is 255 g/mol. The number of nitrogens with one attached hydrogen (secondary N) is 1. The molecule has 1 aliphatic rings. The van der Waals surface area contributed by atoms with Crippen LogP contribution in [0.4, 0.5) is 0 Å². The summed E-state index contributed by atoms with van der Waals surface area (Å²) >= 11 is 0. The van der Waals surface area contributed by atoms with Gasteiger partial charge in [0, 0.05) is 19.6 Å². The molecule has 0 radical (unpaired) electrons. The Bertz CT molecular complexity index is 305. The van der Waals surface area contributed by atoms with Gasteiger partial charge in [-0.25, -0.2) is 0 Å². The van der Waals surface area contributed by atoms with Gasteiger partial charge < -0.3 is 9.47 Å². The van der Waals surface area contributed by atoms with Crippen molar-refractivity contribution in [1.82, 2.24) is 5.32 Å². The fourth-order valence-electron chi connectivity index (χ4n) is 2.41. The third kappa shape index (κ3) is 3.33. The SMILES string of the molecule is C=CCNC1(C(=O)OCC)CCOC(C)(CC)C1. The van der Waals surface area contributed by atoms with Crippen molar-refractivity contribution in [3.8, 4) is 0 Å². The lowest BCUT2D eigenvalue weighted by molar-refractivity contribution is -0.165. The molecule has 0 saturated carbocycles. The van der Waals surface area contributed by atoms with Crippen molar-refractivity contribution in [1.29, 1.82) is 0 Å². The number of carbonyl (C=O) groups excluding carboxylic acids is 1. The van der Waals surface area contributed by atoms with Crippen molar-refractivity contribution in [2.75, 3.05) is 19.8 Å². The van der Waals surface area contributed by atoms with Crippen LogP contribution in [0.1, 0.15) is 40.0 Å². The van der Waals surface area contributed by atoms with Crippen LogP contribution in [-0.4, -0.2) is 36.9 Å². The molecule has 0 aromatic rings. The summed E-state index contributed by atoms with van der Waals surface area (Å²) in [5.41, 5.74) is -0.896. The van der Waals surface area contributed by atoms with Crippen molar-refractivity contribution in [2.24, 2.45) is 0 Å². The van der Waals surface area contributed by atoms with Gasteiger partial charge in [0.1, 0.15) is 5.54 Å². The molecular weight excluding hydrogens is 230 g/mol. The molecule has 2 atom stereocenters. The molecule has 18 heavy (non-hydrogen) atoms. The minimum Gasteiger partial charge on any atom is -0.465 e. The van der Waals surface area contributed by atoms with Gasteiger partial charge in [0.05, 0.1) is 12.2 Å². The van der Waals surface area contributed by atoms with Gasteiger partial charge >= 0.3 is 5.97 Å². The molecule has 0 aliphatic carbocycles. The molecular formula is C14H25NO3. The maximum atomic E-state index is 12.3. The average Bonchev–Trinajstić information content (AvgIpc) is 2.37. The lowest BCUT2D eigenvalue weighted by atomic mass is 9.79. The van der Waals surface area contributed by atoms with Crippen LogP contribution in [0.3, 0.4) is 0 Å². The van der Waals surface area contributed by atoms with Crippen LogP contribution in [0.15, 0.2) is 12.7 Å². The molecule has 1 heterocycles. The van der Waals surface area contributed by atoms with Gasteiger partial charge in [-0.2, -0.15) is 0 Å². The van der Waals surface area contributed by atoms with E-state index in [-0.39, 0.29) is 11.6 Å². The molecule has 1 rings (SSSR count). The third-order valence-electron chi connectivity index (χ3n) is 3.65. The Labute approximate surface area is 110 Å². The molecule has 104 valence electrons. The van der Waals surface area contributed by atoms with Gasteiger partial charge in [-0.05, 0) is 26.7 Å². The maximum absolute atomic E-state index is 12.3. The first-order valence-electron chi connectivity index (χ1n) is 6.69. The molecule has 1 aliphatic heterocycles. The first kappa shape index (κ1) is 15.2. The number of hydrogen-bond acceptors (Lipinski definition) is 4. The van der Waals surface area contributed by atoms with E-state index in [1.165, 1.54) is 0 Å². The highest BCUT2D eigenvalue weighted by molar-refractivity contribution is 5.81. The second-order valence-corrected chi connectivity index (χ2v) is 5.05. The summed E-state index contributed by atoms with van der Waals surface area (Å²) in [4.78, 5) is 12.3. The Balaban J connectivity index is 2.88. The zero-order valence-electron chi connectivity index (χ0n) is 11.8. The Morgan fingerprint density at radius 2 is 2.28 bits per heavy atom. The predicted octanol–water partition coefficient (Wildman–Crippen LogP) is 2.04. The molecule has 1 fully saturated rings. The fourth-order valence-corrected chi connectivity index (χ4v) is 2.41. The first-order valence-corrected chi connectivity index (χ1v) is 6.69. The molecule has 0 spiro atoms. The second kappa shape index (κ2) is 6.34. The van der Waals surface area contributed by atoms with E-state index in [0.717, 1.165) is 6.42 Å². The van der Waals surface area contributed by atoms with Crippen LogP contribution >= 0.6 is 0 Å². The lowest BCUT2D eigenvalue weighted by Crippen LogP contribution is -2.60. The van der Waals surface area contributed by atoms with E-state index in [1.807, 2.05) is 6.92 Å². The second-order valence-electron chi connectivity index (χ2n) is 5.05. The topological polar surface area (TPSA) is 47.6 Å². The first-order chi connectivity index (χ1) is 8.52. The number of esters is 1. The molecule has 4 heteroatoms. The summed E-state index contributed by atoms with van der Waals surface area (Å²) in [7, 11) is 0. The molecule has 0 aromatic heterocycles. The van der Waals surface area contributed by atoms with E-state index >= 15 is 0 Å². The summed E-state index contributed by atoms with van der Waals surface area (Å²) in [6.45, 7) is 11.2. The van der Waals surface area contributed by atoms with Crippen molar-refractivity contribution in [3.05, 3.63) is 12.7 Å². The van der Waals surface area contributed by atoms with Gasteiger partial charge in [-0.15, -0.1) is 6.58 Å². The van der Waals surface area contributed by atoms with Crippen LogP contribution in [0.2, 0.25) is 0 Å². The zero-order chi connectivity index (χ0) is 13.6. The molecule has 0 bridgehead atoms. The molecule has 1 N–H and O–H groups in total. The van der Waals surface area contributed by atoms with Crippen LogP contribution in [0.25, 0.3) is 0 Å². The highest BCUT2D eigenvalue weighted by Crippen LogP contribution is 2.35. The Morgan fingerprint density at radius 1 is 1.56 bits per heavy atom. The highest BCUT2D eigenvalue weighted by Gasteiger charge is 2.48. The Kier molecular flexibility index (Phi) is 5.35. The summed E-state index contributed by atoms with van der Waals surface area (Å²) in [6, 6.07) is 0. The van der Waals surface area contributed by atoms with Crippen LogP contribution < -0.4 is 5.32 Å². The number of carbonyl (C=O) groups is 1. The van der Waals surface area contributed by atoms with Crippen LogP contribution in [0, 0.1) is 0 Å². The zero-order valence-corrected chi connectivity index (χ0v) is 11.8. The summed E-state index contributed by atoms with van der Waals surface area (Å²) in [5, 5.41) is 3.29. The lowest BCUT2D eigenvalue weighted by Gasteiger charge is -2.44. The van der Waals surface area contributed by atoms with E-state index in [4.69, 9.17) is 9.47 Å². The normalized spacial score (nSPS) is 31.9. The monoisotopic (exact) mass is 255 g/mol. The fraction of sp³-hybridized carbons (Fsp3) is 0.786. The van der Waals surface area contributed by atoms with E-state index in [1.54, 1.807) is 6.08 Å². The van der Waals surface area contributed by atoms with Crippen molar-refractivity contribution in [3.63, 3.8) is 0 Å². The smallest absolute Gasteiger partial charge is 0.326 e. The third-order valence-corrected chi connectivity index (χ3v) is 3.65. The Hall–Kier alpha value is -0.870. The van der Waals surface area contributed by atoms with E-state index in [0.29, 0.717) is 32.6 Å². The van der Waals surface area contributed by atoms with E-state index < -0.39 is 5.54 Å². The van der Waals surface area contributed by atoms with Crippen LogP contribution in [0.5, 0.6) is 0 Å². The minimum atomic E-state index is -0.632. The molecule has 2 unspecified atom stereocenters. The van der Waals surface area contributed by atoms with Gasteiger partial charge in [-0.1, -0.05) is 13.0 Å². The summed E-state index contributed by atoms with van der Waals surface area (Å²) in [6.07, 6.45) is 3.93. The van der Waals surface area contributed by atoms with Gasteiger partial charge in [-0.3, -0.25) is 10.1 Å². The predicted molar refractivity (Wildman–Crippen MR) is 71.4 cm³/mol. The Morgan fingerprint density at radius 3 is 2.83 bits per heavy atom. The molecule has 0 aromatic carbocycles. The number of rotatable bonds is 6. The van der Waals surface area contributed by atoms with Gasteiger partial charge in [0.2, 0.25) is 0 Å². The van der Waals surface area contributed by atoms with E-state index in [9.17, 15) is 4.79 Å².